The molecule has 8 heteroatoms. The second-order valence-corrected chi connectivity index (χ2v) is 6.24. The first-order valence-electron chi connectivity index (χ1n) is 8.51. The van der Waals surface area contributed by atoms with Gasteiger partial charge in [0.2, 0.25) is 5.95 Å². The molecule has 3 N–H and O–H groups in total. The molecule has 1 aliphatic rings. The van der Waals surface area contributed by atoms with Gasteiger partial charge in [0, 0.05) is 24.8 Å². The summed E-state index contributed by atoms with van der Waals surface area (Å²) in [5, 5.41) is 10.9. The second kappa shape index (κ2) is 6.99. The van der Waals surface area contributed by atoms with Crippen molar-refractivity contribution in [1.82, 2.24) is 15.2 Å². The molecule has 3 aromatic rings. The standard InChI is InChI=1S/C19H17FN6O/c20-17-6-3-13(11-22-17)12-2-4-14(21)16(10-12)23-19(27)15-5-7-18(25-24-15)26-8-1-9-26/h2-7,10-11H,1,8-9,21H2,(H,23,27). The Bertz CT molecular complexity index is 970. The molecule has 1 saturated heterocycles. The Morgan fingerprint density at radius 1 is 1.07 bits per heavy atom. The predicted molar refractivity (Wildman–Crippen MR) is 101 cm³/mol. The van der Waals surface area contributed by atoms with Crippen LogP contribution in [0.3, 0.4) is 0 Å². The highest BCUT2D eigenvalue weighted by molar-refractivity contribution is 6.04. The van der Waals surface area contributed by atoms with Gasteiger partial charge in [-0.15, -0.1) is 10.2 Å². The monoisotopic (exact) mass is 364 g/mol. The average Bonchev–Trinajstić information content (AvgIpc) is 2.63. The largest absolute Gasteiger partial charge is 0.397 e. The summed E-state index contributed by atoms with van der Waals surface area (Å²) >= 11 is 0. The van der Waals surface area contributed by atoms with Crippen molar-refractivity contribution in [3.05, 3.63) is 60.3 Å². The number of nitrogen functional groups attached to an aromatic ring is 1. The van der Waals surface area contributed by atoms with Gasteiger partial charge in [-0.25, -0.2) is 4.98 Å². The van der Waals surface area contributed by atoms with E-state index in [4.69, 9.17) is 5.73 Å². The van der Waals surface area contributed by atoms with Crippen LogP contribution in [-0.2, 0) is 0 Å². The smallest absolute Gasteiger partial charge is 0.276 e. The Morgan fingerprint density at radius 3 is 2.52 bits per heavy atom. The first-order valence-corrected chi connectivity index (χ1v) is 8.51. The van der Waals surface area contributed by atoms with E-state index in [1.54, 1.807) is 36.4 Å². The third-order valence-electron chi connectivity index (χ3n) is 4.43. The van der Waals surface area contributed by atoms with Crippen LogP contribution in [0.15, 0.2) is 48.7 Å². The van der Waals surface area contributed by atoms with Gasteiger partial charge >= 0.3 is 0 Å². The summed E-state index contributed by atoms with van der Waals surface area (Å²) in [4.78, 5) is 18.2. The molecule has 0 atom stereocenters. The van der Waals surface area contributed by atoms with E-state index in [2.05, 4.69) is 25.4 Å². The van der Waals surface area contributed by atoms with Gasteiger partial charge in [0.05, 0.1) is 11.4 Å². The van der Waals surface area contributed by atoms with Crippen LogP contribution in [0.2, 0.25) is 0 Å². The minimum atomic E-state index is -0.553. The number of nitrogens with zero attached hydrogens (tertiary/aromatic N) is 4. The highest BCUT2D eigenvalue weighted by atomic mass is 19.1. The zero-order chi connectivity index (χ0) is 18.8. The molecule has 0 unspecified atom stereocenters. The Kier molecular flexibility index (Phi) is 4.37. The maximum atomic E-state index is 13.0. The van der Waals surface area contributed by atoms with Gasteiger partial charge in [0.1, 0.15) is 0 Å². The molecule has 0 saturated carbocycles. The van der Waals surface area contributed by atoms with Gasteiger partial charge in [0.15, 0.2) is 11.5 Å². The second-order valence-electron chi connectivity index (χ2n) is 6.24. The molecule has 2 aromatic heterocycles. The first-order chi connectivity index (χ1) is 13.1. The normalized spacial score (nSPS) is 13.1. The summed E-state index contributed by atoms with van der Waals surface area (Å²) in [5.74, 6) is -0.190. The van der Waals surface area contributed by atoms with E-state index >= 15 is 0 Å². The minimum absolute atomic E-state index is 0.201. The molecule has 7 nitrogen and oxygen atoms in total. The Labute approximate surface area is 155 Å². The molecule has 136 valence electrons. The molecule has 1 amide bonds. The van der Waals surface area contributed by atoms with Crippen LogP contribution in [0.1, 0.15) is 16.9 Å². The van der Waals surface area contributed by atoms with Crippen LogP contribution in [0.4, 0.5) is 21.6 Å². The average molecular weight is 364 g/mol. The van der Waals surface area contributed by atoms with Gasteiger partial charge < -0.3 is 16.0 Å². The van der Waals surface area contributed by atoms with Gasteiger partial charge in [-0.05, 0) is 48.4 Å². The molecular formula is C19H17FN6O. The van der Waals surface area contributed by atoms with E-state index in [-0.39, 0.29) is 5.69 Å². The zero-order valence-corrected chi connectivity index (χ0v) is 14.4. The lowest BCUT2D eigenvalue weighted by Crippen LogP contribution is -2.37. The van der Waals surface area contributed by atoms with E-state index in [1.165, 1.54) is 12.3 Å². The quantitative estimate of drug-likeness (QED) is 0.546. The molecule has 4 rings (SSSR count). The molecule has 0 spiro atoms. The summed E-state index contributed by atoms with van der Waals surface area (Å²) < 4.78 is 13.0. The number of amides is 1. The van der Waals surface area contributed by atoms with Gasteiger partial charge in [-0.2, -0.15) is 4.39 Å². The van der Waals surface area contributed by atoms with E-state index in [0.717, 1.165) is 30.9 Å². The number of anilines is 3. The van der Waals surface area contributed by atoms with E-state index in [0.29, 0.717) is 16.9 Å². The molecular weight excluding hydrogens is 347 g/mol. The Balaban J connectivity index is 1.53. The maximum Gasteiger partial charge on any atom is 0.276 e. The fourth-order valence-electron chi connectivity index (χ4n) is 2.74. The predicted octanol–water partition coefficient (Wildman–Crippen LogP) is 2.72. The molecule has 1 aromatic carbocycles. The van der Waals surface area contributed by atoms with Crippen LogP contribution in [0.5, 0.6) is 0 Å². The number of hydrogen-bond acceptors (Lipinski definition) is 6. The van der Waals surface area contributed by atoms with Crippen molar-refractivity contribution in [2.24, 2.45) is 0 Å². The summed E-state index contributed by atoms with van der Waals surface area (Å²) in [6.07, 6.45) is 2.57. The summed E-state index contributed by atoms with van der Waals surface area (Å²) in [5.41, 5.74) is 8.49. The van der Waals surface area contributed by atoms with E-state index < -0.39 is 11.9 Å². The van der Waals surface area contributed by atoms with E-state index in [9.17, 15) is 9.18 Å². The Hall–Kier alpha value is -3.55. The van der Waals surface area contributed by atoms with Crippen molar-refractivity contribution in [1.29, 1.82) is 0 Å². The number of nitrogens with one attached hydrogen (secondary N) is 1. The van der Waals surface area contributed by atoms with Crippen LogP contribution < -0.4 is 16.0 Å². The van der Waals surface area contributed by atoms with E-state index in [1.807, 2.05) is 0 Å². The van der Waals surface area contributed by atoms with Crippen LogP contribution in [-0.4, -0.2) is 34.2 Å². The summed E-state index contributed by atoms with van der Waals surface area (Å²) in [6.45, 7) is 1.92. The van der Waals surface area contributed by atoms with Crippen molar-refractivity contribution in [3.63, 3.8) is 0 Å². The number of carbonyl (C=O) groups excluding carboxylic acids is 1. The number of carbonyl (C=O) groups is 1. The van der Waals surface area contributed by atoms with Crippen LogP contribution >= 0.6 is 0 Å². The Morgan fingerprint density at radius 2 is 1.89 bits per heavy atom. The lowest BCUT2D eigenvalue weighted by Gasteiger charge is -2.31. The van der Waals surface area contributed by atoms with Crippen molar-refractivity contribution >= 4 is 23.1 Å². The van der Waals surface area contributed by atoms with Crippen LogP contribution in [0, 0.1) is 5.95 Å². The topological polar surface area (TPSA) is 97.0 Å². The van der Waals surface area contributed by atoms with Gasteiger partial charge in [-0.3, -0.25) is 4.79 Å². The van der Waals surface area contributed by atoms with Gasteiger partial charge in [0.25, 0.3) is 5.91 Å². The first kappa shape index (κ1) is 16.9. The lowest BCUT2D eigenvalue weighted by atomic mass is 10.1. The highest BCUT2D eigenvalue weighted by Crippen LogP contribution is 2.27. The number of aromatic nitrogens is 3. The van der Waals surface area contributed by atoms with Crippen molar-refractivity contribution in [2.75, 3.05) is 29.0 Å². The zero-order valence-electron chi connectivity index (χ0n) is 14.4. The third-order valence-corrected chi connectivity index (χ3v) is 4.43. The molecule has 27 heavy (non-hydrogen) atoms. The molecule has 0 radical (unpaired) electrons. The molecule has 1 aliphatic heterocycles. The summed E-state index contributed by atoms with van der Waals surface area (Å²) in [6, 6.07) is 11.5. The molecule has 3 heterocycles. The number of pyridine rings is 1. The SMILES string of the molecule is Nc1ccc(-c2ccc(F)nc2)cc1NC(=O)c1ccc(N2CCC2)nn1. The fourth-order valence-corrected chi connectivity index (χ4v) is 2.74. The number of halogens is 1. The van der Waals surface area contributed by atoms with Crippen LogP contribution in [0.25, 0.3) is 11.1 Å². The highest BCUT2D eigenvalue weighted by Gasteiger charge is 2.17. The number of benzene rings is 1. The number of nitrogens with two attached hydrogens (primary N) is 1. The van der Waals surface area contributed by atoms with Crippen molar-refractivity contribution in [2.45, 2.75) is 6.42 Å². The van der Waals surface area contributed by atoms with Gasteiger partial charge in [-0.1, -0.05) is 6.07 Å². The molecule has 1 fully saturated rings. The third kappa shape index (κ3) is 3.55. The lowest BCUT2D eigenvalue weighted by molar-refractivity contribution is 0.102. The molecule has 0 aliphatic carbocycles. The maximum absolute atomic E-state index is 13.0. The van der Waals surface area contributed by atoms with Crippen molar-refractivity contribution < 1.29 is 9.18 Å². The number of rotatable bonds is 4. The molecule has 0 bridgehead atoms. The number of hydrogen-bond donors (Lipinski definition) is 2. The fraction of sp³-hybridized carbons (Fsp3) is 0.158. The van der Waals surface area contributed by atoms with Crippen molar-refractivity contribution in [3.8, 4) is 11.1 Å². The minimum Gasteiger partial charge on any atom is -0.397 e. The summed E-state index contributed by atoms with van der Waals surface area (Å²) in [7, 11) is 0.